The first-order valence-electron chi connectivity index (χ1n) is 4.04. The van der Waals surface area contributed by atoms with E-state index in [0.717, 1.165) is 0 Å². The van der Waals surface area contributed by atoms with Gasteiger partial charge < -0.3 is 9.64 Å². The largest absolute Gasteiger partial charge is 0.449 e. The summed E-state index contributed by atoms with van der Waals surface area (Å²) in [6.45, 7) is 0.608. The van der Waals surface area contributed by atoms with Crippen molar-refractivity contribution in [2.45, 2.75) is 19.3 Å². The van der Waals surface area contributed by atoms with Crippen LogP contribution in [0.3, 0.4) is 0 Å². The summed E-state index contributed by atoms with van der Waals surface area (Å²) in [6, 6.07) is 0. The van der Waals surface area contributed by atoms with Crippen LogP contribution >= 0.6 is 0 Å². The van der Waals surface area contributed by atoms with Crippen molar-refractivity contribution < 1.29 is 9.53 Å². The first-order chi connectivity index (χ1) is 5.20. The minimum absolute atomic E-state index is 0.225. The number of hydrogen-bond acceptors (Lipinski definition) is 2. The fourth-order valence-electron chi connectivity index (χ4n) is 0.978. The molecule has 1 amide bonds. The third kappa shape index (κ3) is 2.41. The predicted molar refractivity (Wildman–Crippen MR) is 42.4 cm³/mol. The number of carbonyl (C=O) groups excluding carboxylic acids is 1. The molecule has 0 aromatic heterocycles. The number of carbonyl (C=O) groups is 1. The lowest BCUT2D eigenvalue weighted by Crippen LogP contribution is -2.27. The second-order valence-electron chi connectivity index (χ2n) is 3.27. The number of amides is 1. The monoisotopic (exact) mass is 157 g/mol. The second-order valence-corrected chi connectivity index (χ2v) is 3.27. The summed E-state index contributed by atoms with van der Waals surface area (Å²) in [7, 11) is 3.40. The van der Waals surface area contributed by atoms with Crippen LogP contribution in [0.25, 0.3) is 0 Å². The van der Waals surface area contributed by atoms with E-state index >= 15 is 0 Å². The summed E-state index contributed by atoms with van der Waals surface area (Å²) < 4.78 is 4.99. The van der Waals surface area contributed by atoms with Gasteiger partial charge in [-0.05, 0) is 18.8 Å². The Bertz CT molecular complexity index is 141. The molecule has 0 aliphatic heterocycles. The third-order valence-corrected chi connectivity index (χ3v) is 2.03. The number of hydrogen-bond donors (Lipinski definition) is 0. The minimum Gasteiger partial charge on any atom is -0.449 e. The Morgan fingerprint density at radius 3 is 2.55 bits per heavy atom. The second kappa shape index (κ2) is 3.60. The average molecular weight is 157 g/mol. The first-order valence-corrected chi connectivity index (χ1v) is 4.04. The van der Waals surface area contributed by atoms with E-state index in [1.807, 2.05) is 0 Å². The third-order valence-electron chi connectivity index (χ3n) is 2.03. The van der Waals surface area contributed by atoms with E-state index in [-0.39, 0.29) is 6.09 Å². The van der Waals surface area contributed by atoms with E-state index in [4.69, 9.17) is 4.74 Å². The Kier molecular flexibility index (Phi) is 2.74. The lowest BCUT2D eigenvalue weighted by Gasteiger charge is -2.25. The molecule has 0 saturated heterocycles. The van der Waals surface area contributed by atoms with Gasteiger partial charge in [0.05, 0.1) is 6.61 Å². The Morgan fingerprint density at radius 2 is 2.18 bits per heavy atom. The van der Waals surface area contributed by atoms with E-state index in [2.05, 4.69) is 0 Å². The van der Waals surface area contributed by atoms with Crippen LogP contribution in [0.4, 0.5) is 4.79 Å². The van der Waals surface area contributed by atoms with Crippen molar-refractivity contribution in [3.63, 3.8) is 0 Å². The minimum atomic E-state index is -0.225. The van der Waals surface area contributed by atoms with Crippen LogP contribution in [0, 0.1) is 5.92 Å². The molecule has 11 heavy (non-hydrogen) atoms. The van der Waals surface area contributed by atoms with Crippen molar-refractivity contribution in [1.82, 2.24) is 4.90 Å². The zero-order valence-electron chi connectivity index (χ0n) is 7.17. The Labute approximate surface area is 67.3 Å². The summed E-state index contributed by atoms with van der Waals surface area (Å²) in [5.74, 6) is 0.638. The van der Waals surface area contributed by atoms with Gasteiger partial charge in [0.2, 0.25) is 0 Å². The lowest BCUT2D eigenvalue weighted by atomic mass is 9.86. The summed E-state index contributed by atoms with van der Waals surface area (Å²) >= 11 is 0. The average Bonchev–Trinajstić information content (AvgIpc) is 1.83. The van der Waals surface area contributed by atoms with Gasteiger partial charge in [0, 0.05) is 14.1 Å². The van der Waals surface area contributed by atoms with Crippen LogP contribution in [0.1, 0.15) is 19.3 Å². The molecule has 3 nitrogen and oxygen atoms in total. The molecule has 3 heteroatoms. The molecule has 64 valence electrons. The molecule has 0 heterocycles. The van der Waals surface area contributed by atoms with E-state index < -0.39 is 0 Å². The molecule has 1 rings (SSSR count). The highest BCUT2D eigenvalue weighted by molar-refractivity contribution is 5.66. The van der Waals surface area contributed by atoms with Gasteiger partial charge in [-0.25, -0.2) is 4.79 Å². The van der Waals surface area contributed by atoms with Crippen LogP contribution in [0.15, 0.2) is 0 Å². The highest BCUT2D eigenvalue weighted by Crippen LogP contribution is 2.26. The number of nitrogens with zero attached hydrogens (tertiary/aromatic N) is 1. The highest BCUT2D eigenvalue weighted by atomic mass is 16.6. The fraction of sp³-hybridized carbons (Fsp3) is 0.875. The zero-order valence-corrected chi connectivity index (χ0v) is 7.17. The van der Waals surface area contributed by atoms with Crippen molar-refractivity contribution >= 4 is 6.09 Å². The summed E-state index contributed by atoms with van der Waals surface area (Å²) in [5, 5.41) is 0. The van der Waals surface area contributed by atoms with Gasteiger partial charge in [-0.1, -0.05) is 6.42 Å². The molecule has 0 N–H and O–H groups in total. The van der Waals surface area contributed by atoms with E-state index in [0.29, 0.717) is 12.5 Å². The number of ether oxygens (including phenoxy) is 1. The number of rotatable bonds is 2. The van der Waals surface area contributed by atoms with Crippen molar-refractivity contribution in [2.75, 3.05) is 20.7 Å². The van der Waals surface area contributed by atoms with E-state index in [1.54, 1.807) is 14.1 Å². The Morgan fingerprint density at radius 1 is 1.55 bits per heavy atom. The van der Waals surface area contributed by atoms with Gasteiger partial charge in [-0.15, -0.1) is 0 Å². The Balaban J connectivity index is 2.06. The SMILES string of the molecule is CN(C)C(=O)OCC1CCC1. The summed E-state index contributed by atoms with van der Waals surface area (Å²) in [6.07, 6.45) is 3.52. The maximum absolute atomic E-state index is 10.9. The molecule has 0 spiro atoms. The molecule has 0 aromatic rings. The predicted octanol–water partition coefficient (Wildman–Crippen LogP) is 1.48. The summed E-state index contributed by atoms with van der Waals surface area (Å²) in [5.41, 5.74) is 0. The van der Waals surface area contributed by atoms with E-state index in [1.165, 1.54) is 24.2 Å². The van der Waals surface area contributed by atoms with Crippen molar-refractivity contribution in [1.29, 1.82) is 0 Å². The molecule has 1 aliphatic carbocycles. The molecular weight excluding hydrogens is 142 g/mol. The normalized spacial score (nSPS) is 17.3. The van der Waals surface area contributed by atoms with Gasteiger partial charge in [-0.2, -0.15) is 0 Å². The van der Waals surface area contributed by atoms with Gasteiger partial charge in [0.15, 0.2) is 0 Å². The van der Waals surface area contributed by atoms with Crippen molar-refractivity contribution in [2.24, 2.45) is 5.92 Å². The zero-order chi connectivity index (χ0) is 8.27. The van der Waals surface area contributed by atoms with Crippen LogP contribution in [0.5, 0.6) is 0 Å². The molecule has 1 saturated carbocycles. The van der Waals surface area contributed by atoms with Gasteiger partial charge >= 0.3 is 6.09 Å². The summed E-state index contributed by atoms with van der Waals surface area (Å²) in [4.78, 5) is 12.3. The lowest BCUT2D eigenvalue weighted by molar-refractivity contribution is 0.0832. The molecule has 0 aromatic carbocycles. The Hall–Kier alpha value is -0.730. The molecule has 1 fully saturated rings. The topological polar surface area (TPSA) is 29.5 Å². The fourth-order valence-corrected chi connectivity index (χ4v) is 0.978. The molecule has 0 unspecified atom stereocenters. The van der Waals surface area contributed by atoms with Crippen LogP contribution in [0.2, 0.25) is 0 Å². The van der Waals surface area contributed by atoms with Crippen molar-refractivity contribution in [3.8, 4) is 0 Å². The van der Waals surface area contributed by atoms with E-state index in [9.17, 15) is 4.79 Å². The van der Waals surface area contributed by atoms with Crippen LogP contribution in [-0.4, -0.2) is 31.7 Å². The van der Waals surface area contributed by atoms with Gasteiger partial charge in [-0.3, -0.25) is 0 Å². The molecular formula is C8H15NO2. The standard InChI is InChI=1S/C8H15NO2/c1-9(2)8(10)11-6-7-4-3-5-7/h7H,3-6H2,1-2H3. The van der Waals surface area contributed by atoms with Gasteiger partial charge in [0.1, 0.15) is 0 Å². The quantitative estimate of drug-likeness (QED) is 0.607. The maximum Gasteiger partial charge on any atom is 0.409 e. The molecule has 0 bridgehead atoms. The maximum atomic E-state index is 10.9. The molecule has 0 atom stereocenters. The molecule has 1 aliphatic rings. The smallest absolute Gasteiger partial charge is 0.409 e. The van der Waals surface area contributed by atoms with Crippen LogP contribution < -0.4 is 0 Å². The molecule has 0 radical (unpaired) electrons. The van der Waals surface area contributed by atoms with Crippen LogP contribution in [-0.2, 0) is 4.74 Å². The highest BCUT2D eigenvalue weighted by Gasteiger charge is 2.19. The first kappa shape index (κ1) is 8.37. The van der Waals surface area contributed by atoms with Gasteiger partial charge in [0.25, 0.3) is 0 Å². The van der Waals surface area contributed by atoms with Crippen molar-refractivity contribution in [3.05, 3.63) is 0 Å².